The van der Waals surface area contributed by atoms with Crippen molar-refractivity contribution in [2.45, 2.75) is 12.2 Å². The number of ether oxygens (including phenoxy) is 1. The summed E-state index contributed by atoms with van der Waals surface area (Å²) in [6.07, 6.45) is -4.59. The smallest absolute Gasteiger partial charge is 0.418 e. The molecule has 0 saturated carbocycles. The lowest BCUT2D eigenvalue weighted by Gasteiger charge is -2.22. The summed E-state index contributed by atoms with van der Waals surface area (Å²) < 4.78 is 44.7. The van der Waals surface area contributed by atoms with Crippen molar-refractivity contribution < 1.29 is 27.5 Å². The molecule has 10 heteroatoms. The number of rotatable bonds is 6. The van der Waals surface area contributed by atoms with E-state index < -0.39 is 29.7 Å². The zero-order valence-corrected chi connectivity index (χ0v) is 18.7. The first-order valence-electron chi connectivity index (χ1n) is 9.97. The molecule has 1 atom stereocenters. The van der Waals surface area contributed by atoms with Crippen LogP contribution in [0.2, 0.25) is 0 Å². The minimum absolute atomic E-state index is 0.143. The quantitative estimate of drug-likeness (QED) is 0.329. The van der Waals surface area contributed by atoms with E-state index in [0.29, 0.717) is 5.56 Å². The molecule has 34 heavy (non-hydrogen) atoms. The van der Waals surface area contributed by atoms with Crippen molar-refractivity contribution in [3.8, 4) is 0 Å². The molecule has 0 aliphatic heterocycles. The van der Waals surface area contributed by atoms with Gasteiger partial charge in [-0.05, 0) is 42.0 Å². The molecule has 0 bridgehead atoms. The van der Waals surface area contributed by atoms with Gasteiger partial charge in [-0.25, -0.2) is 4.79 Å². The Balaban J connectivity index is 1.86. The van der Waals surface area contributed by atoms with Gasteiger partial charge in [-0.2, -0.15) is 13.2 Å². The third-order valence-corrected chi connectivity index (χ3v) is 4.96. The molecule has 3 rings (SSSR count). The van der Waals surface area contributed by atoms with Gasteiger partial charge in [0.25, 0.3) is 5.91 Å². The Hall–Kier alpha value is -3.92. The highest BCUT2D eigenvalue weighted by molar-refractivity contribution is 7.80. The molecule has 0 heterocycles. The highest BCUT2D eigenvalue weighted by Crippen LogP contribution is 2.34. The van der Waals surface area contributed by atoms with Gasteiger partial charge in [0.15, 0.2) is 5.11 Å². The minimum atomic E-state index is -4.59. The van der Waals surface area contributed by atoms with Crippen LogP contribution in [-0.2, 0) is 15.7 Å². The highest BCUT2D eigenvalue weighted by atomic mass is 32.1. The summed E-state index contributed by atoms with van der Waals surface area (Å²) in [5.41, 5.74) is -0.292. The molecule has 0 aliphatic carbocycles. The Morgan fingerprint density at radius 3 is 2.09 bits per heavy atom. The van der Waals surface area contributed by atoms with Crippen molar-refractivity contribution in [2.24, 2.45) is 0 Å². The molecule has 3 aromatic carbocycles. The number of alkyl halides is 3. The minimum Gasteiger partial charge on any atom is -0.465 e. The summed E-state index contributed by atoms with van der Waals surface area (Å²) >= 11 is 5.22. The van der Waals surface area contributed by atoms with Gasteiger partial charge in [0.2, 0.25) is 0 Å². The van der Waals surface area contributed by atoms with Crippen molar-refractivity contribution in [3.63, 3.8) is 0 Å². The number of benzene rings is 3. The number of hydrogen-bond donors (Lipinski definition) is 3. The molecule has 3 N–H and O–H groups in total. The monoisotopic (exact) mass is 487 g/mol. The molecule has 6 nitrogen and oxygen atoms in total. The normalized spacial score (nSPS) is 11.8. The van der Waals surface area contributed by atoms with E-state index in [0.717, 1.165) is 6.07 Å². The Kier molecular flexibility index (Phi) is 7.85. The van der Waals surface area contributed by atoms with Crippen LogP contribution in [0.5, 0.6) is 0 Å². The zero-order chi connectivity index (χ0) is 24.7. The molecular formula is C24H20F3N3O3S. The van der Waals surface area contributed by atoms with Crippen LogP contribution in [0.15, 0.2) is 78.9 Å². The molecular weight excluding hydrogens is 467 g/mol. The molecule has 0 spiro atoms. The van der Waals surface area contributed by atoms with Gasteiger partial charge in [0, 0.05) is 0 Å². The van der Waals surface area contributed by atoms with Crippen molar-refractivity contribution in [3.05, 3.63) is 95.6 Å². The van der Waals surface area contributed by atoms with Crippen LogP contribution in [0.1, 0.15) is 27.5 Å². The van der Waals surface area contributed by atoms with Crippen molar-refractivity contribution in [2.75, 3.05) is 17.7 Å². The van der Waals surface area contributed by atoms with Gasteiger partial charge >= 0.3 is 12.1 Å². The molecule has 1 unspecified atom stereocenters. The van der Waals surface area contributed by atoms with Crippen LogP contribution in [0.25, 0.3) is 0 Å². The summed E-state index contributed by atoms with van der Waals surface area (Å²) in [6.45, 7) is 0. The summed E-state index contributed by atoms with van der Waals surface area (Å²) in [5, 5.41) is 7.76. The maximum atomic E-state index is 13.3. The van der Waals surface area contributed by atoms with E-state index in [1.807, 2.05) is 0 Å². The number of methoxy groups -OCH3 is 1. The first-order chi connectivity index (χ1) is 16.2. The maximum Gasteiger partial charge on any atom is 0.418 e. The lowest BCUT2D eigenvalue weighted by molar-refractivity contribution is -0.137. The van der Waals surface area contributed by atoms with Crippen LogP contribution in [0, 0.1) is 0 Å². The number of carbonyl (C=O) groups is 2. The summed E-state index contributed by atoms with van der Waals surface area (Å²) in [7, 11) is 1.22. The van der Waals surface area contributed by atoms with E-state index in [2.05, 4.69) is 16.0 Å². The molecule has 3 aromatic rings. The average Bonchev–Trinajstić information content (AvgIpc) is 2.82. The van der Waals surface area contributed by atoms with Crippen LogP contribution in [0.3, 0.4) is 0 Å². The number of amides is 1. The highest BCUT2D eigenvalue weighted by Gasteiger charge is 2.33. The van der Waals surface area contributed by atoms with E-state index in [-0.39, 0.29) is 22.1 Å². The Labute approximate surface area is 199 Å². The first kappa shape index (κ1) is 24.7. The second kappa shape index (κ2) is 10.8. The Morgan fingerprint density at radius 1 is 0.853 bits per heavy atom. The predicted octanol–water partition coefficient (Wildman–Crippen LogP) is 5.16. The molecule has 176 valence electrons. The van der Waals surface area contributed by atoms with E-state index in [1.54, 1.807) is 42.5 Å². The fourth-order valence-electron chi connectivity index (χ4n) is 3.16. The molecule has 0 saturated heterocycles. The van der Waals surface area contributed by atoms with Crippen molar-refractivity contribution in [1.82, 2.24) is 5.32 Å². The number of hydrogen-bond acceptors (Lipinski definition) is 4. The summed E-state index contributed by atoms with van der Waals surface area (Å²) in [6, 6.07) is 18.5. The molecule has 0 aliphatic rings. The zero-order valence-electron chi connectivity index (χ0n) is 17.8. The number of thiocarbonyl (C=S) groups is 1. The van der Waals surface area contributed by atoms with Crippen LogP contribution in [-0.4, -0.2) is 24.1 Å². The summed E-state index contributed by atoms with van der Waals surface area (Å²) in [5.74, 6) is -1.23. The first-order valence-corrected chi connectivity index (χ1v) is 10.4. The van der Waals surface area contributed by atoms with Gasteiger partial charge in [-0.3, -0.25) is 4.79 Å². The van der Waals surface area contributed by atoms with Crippen molar-refractivity contribution in [1.29, 1.82) is 0 Å². The molecule has 1 amide bonds. The van der Waals surface area contributed by atoms with E-state index in [4.69, 9.17) is 17.0 Å². The topological polar surface area (TPSA) is 79.5 Å². The SMILES string of the molecule is COC(=O)c1ccccc1NC(=O)C(NC(=S)Nc1ccccc1C(F)(F)F)c1ccccc1. The number of nitrogens with one attached hydrogen (secondary N) is 3. The fourth-order valence-corrected chi connectivity index (χ4v) is 3.39. The Bertz CT molecular complexity index is 1190. The van der Waals surface area contributed by atoms with Gasteiger partial charge in [0.05, 0.1) is 29.6 Å². The predicted molar refractivity (Wildman–Crippen MR) is 126 cm³/mol. The third kappa shape index (κ3) is 6.10. The lowest BCUT2D eigenvalue weighted by atomic mass is 10.1. The van der Waals surface area contributed by atoms with Gasteiger partial charge < -0.3 is 20.7 Å². The van der Waals surface area contributed by atoms with Crippen molar-refractivity contribution >= 4 is 40.6 Å². The number of anilines is 2. The van der Waals surface area contributed by atoms with E-state index >= 15 is 0 Å². The van der Waals surface area contributed by atoms with Gasteiger partial charge in [0.1, 0.15) is 6.04 Å². The average molecular weight is 488 g/mol. The Morgan fingerprint density at radius 2 is 1.44 bits per heavy atom. The molecule has 0 radical (unpaired) electrons. The van der Waals surface area contributed by atoms with Crippen LogP contribution < -0.4 is 16.0 Å². The molecule has 0 aromatic heterocycles. The van der Waals surface area contributed by atoms with E-state index in [9.17, 15) is 22.8 Å². The number of halogens is 3. The van der Waals surface area contributed by atoms with E-state index in [1.165, 1.54) is 37.4 Å². The summed E-state index contributed by atoms with van der Waals surface area (Å²) in [4.78, 5) is 25.2. The standard InChI is InChI=1S/C24H20F3N3O3S/c1-33-22(32)16-11-5-7-13-18(16)28-21(31)20(15-9-3-2-4-10-15)30-23(34)29-19-14-8-6-12-17(19)24(25,26)27/h2-14,20H,1H3,(H,28,31)(H2,29,30,34). The van der Waals surface area contributed by atoms with Gasteiger partial charge in [-0.15, -0.1) is 0 Å². The van der Waals surface area contributed by atoms with Crippen LogP contribution >= 0.6 is 12.2 Å². The fraction of sp³-hybridized carbons (Fsp3) is 0.125. The third-order valence-electron chi connectivity index (χ3n) is 4.74. The lowest BCUT2D eigenvalue weighted by Crippen LogP contribution is -2.39. The largest absolute Gasteiger partial charge is 0.465 e. The van der Waals surface area contributed by atoms with Crippen LogP contribution in [0.4, 0.5) is 24.5 Å². The maximum absolute atomic E-state index is 13.3. The second-order valence-corrected chi connectivity index (χ2v) is 7.42. The number of para-hydroxylation sites is 2. The second-order valence-electron chi connectivity index (χ2n) is 7.01. The number of esters is 1. The van der Waals surface area contributed by atoms with Gasteiger partial charge in [-0.1, -0.05) is 54.6 Å². The molecule has 0 fully saturated rings. The number of carbonyl (C=O) groups excluding carboxylic acids is 2.